The van der Waals surface area contributed by atoms with Gasteiger partial charge in [0, 0.05) is 22.5 Å². The van der Waals surface area contributed by atoms with Gasteiger partial charge in [-0.05, 0) is 6.07 Å². The van der Waals surface area contributed by atoms with Gasteiger partial charge in [-0.15, -0.1) is 0 Å². The summed E-state index contributed by atoms with van der Waals surface area (Å²) in [5.41, 5.74) is -0.159. The Morgan fingerprint density at radius 1 is 1.39 bits per heavy atom. The van der Waals surface area contributed by atoms with Gasteiger partial charge in [0.05, 0.1) is 0 Å². The molecule has 3 unspecified atom stereocenters. The molecular weight excluding hydrogens is 315 g/mol. The molecule has 0 spiro atoms. The molecule has 0 fully saturated rings. The van der Waals surface area contributed by atoms with Crippen molar-refractivity contribution in [3.8, 4) is 0 Å². The van der Waals surface area contributed by atoms with Crippen LogP contribution in [0.15, 0.2) is 22.7 Å². The Labute approximate surface area is 110 Å². The van der Waals surface area contributed by atoms with Crippen LogP contribution in [0.2, 0.25) is 0 Å². The van der Waals surface area contributed by atoms with Crippen molar-refractivity contribution >= 4 is 21.9 Å². The normalized spacial score (nSPS) is 27.7. The quantitative estimate of drug-likeness (QED) is 0.741. The summed E-state index contributed by atoms with van der Waals surface area (Å²) in [6, 6.07) is 4.30. The van der Waals surface area contributed by atoms with E-state index in [1.165, 1.54) is 18.2 Å². The molecule has 98 valence electrons. The van der Waals surface area contributed by atoms with E-state index in [-0.39, 0.29) is 20.7 Å². The van der Waals surface area contributed by atoms with Crippen LogP contribution < -0.4 is 0 Å². The van der Waals surface area contributed by atoms with Crippen molar-refractivity contribution in [3.63, 3.8) is 0 Å². The molecule has 0 saturated carbocycles. The van der Waals surface area contributed by atoms with Gasteiger partial charge < -0.3 is 4.84 Å². The van der Waals surface area contributed by atoms with Crippen molar-refractivity contribution in [2.75, 3.05) is 0 Å². The van der Waals surface area contributed by atoms with E-state index in [9.17, 15) is 18.0 Å². The van der Waals surface area contributed by atoms with Crippen molar-refractivity contribution < 1.29 is 22.8 Å². The van der Waals surface area contributed by atoms with Crippen molar-refractivity contribution in [1.82, 2.24) is 5.06 Å². The molecular formula is C11H9BrF3NO2. The van der Waals surface area contributed by atoms with E-state index in [1.807, 2.05) is 0 Å². The Balaban J connectivity index is 2.46. The standard InChI is InChI=1S/C11H9BrF3NO2/c1-5(17)18-16-10(14)6-3-2-4-7(12)8(6)9(13)11(16)15/h2-4,9-11H,1H3. The predicted octanol–water partition coefficient (Wildman–Crippen LogP) is 3.52. The molecule has 1 aromatic rings. The van der Waals surface area contributed by atoms with Gasteiger partial charge in [0.1, 0.15) is 0 Å². The SMILES string of the molecule is CC(=O)ON1C(F)c2cccc(Br)c2C(F)C1F. The molecule has 0 saturated heterocycles. The zero-order chi connectivity index (χ0) is 13.4. The third-order valence-corrected chi connectivity index (χ3v) is 3.25. The molecule has 1 heterocycles. The number of fused-ring (bicyclic) bond motifs is 1. The second kappa shape index (κ2) is 4.89. The minimum atomic E-state index is -2.38. The molecule has 0 radical (unpaired) electrons. The largest absolute Gasteiger partial charge is 0.362 e. The molecule has 1 aliphatic heterocycles. The van der Waals surface area contributed by atoms with Gasteiger partial charge in [-0.3, -0.25) is 4.79 Å². The molecule has 0 aromatic heterocycles. The van der Waals surface area contributed by atoms with Gasteiger partial charge in [-0.25, -0.2) is 13.2 Å². The summed E-state index contributed by atoms with van der Waals surface area (Å²) < 4.78 is 41.9. The smallest absolute Gasteiger partial charge is 0.322 e. The number of hydrogen-bond acceptors (Lipinski definition) is 3. The molecule has 3 nitrogen and oxygen atoms in total. The van der Waals surface area contributed by atoms with Gasteiger partial charge in [-0.2, -0.15) is 0 Å². The molecule has 3 atom stereocenters. The fourth-order valence-corrected chi connectivity index (χ4v) is 2.43. The minimum absolute atomic E-state index is 0.0629. The van der Waals surface area contributed by atoms with Crippen LogP contribution in [0.1, 0.15) is 30.5 Å². The van der Waals surface area contributed by atoms with E-state index in [1.54, 1.807) is 0 Å². The summed E-state index contributed by atoms with van der Waals surface area (Å²) in [6.07, 6.45) is -6.51. The number of halogens is 4. The number of carbonyl (C=O) groups excluding carboxylic acids is 1. The second-order valence-corrected chi connectivity index (χ2v) is 4.65. The highest BCUT2D eigenvalue weighted by molar-refractivity contribution is 9.10. The third-order valence-electron chi connectivity index (χ3n) is 2.56. The van der Waals surface area contributed by atoms with Gasteiger partial charge in [0.15, 0.2) is 6.17 Å². The lowest BCUT2D eigenvalue weighted by Gasteiger charge is -2.35. The number of hydroxylamine groups is 2. The highest BCUT2D eigenvalue weighted by Gasteiger charge is 2.45. The Hall–Kier alpha value is -1.08. The maximum absolute atomic E-state index is 14.0. The van der Waals surface area contributed by atoms with Gasteiger partial charge in [0.2, 0.25) is 12.6 Å². The van der Waals surface area contributed by atoms with Gasteiger partial charge in [0.25, 0.3) is 0 Å². The van der Waals surface area contributed by atoms with Crippen LogP contribution in [0.25, 0.3) is 0 Å². The first-order valence-corrected chi connectivity index (χ1v) is 5.90. The fourth-order valence-electron chi connectivity index (χ4n) is 1.83. The van der Waals surface area contributed by atoms with E-state index in [0.717, 1.165) is 6.92 Å². The summed E-state index contributed by atoms with van der Waals surface area (Å²) in [5.74, 6) is -0.911. The third kappa shape index (κ3) is 2.12. The molecule has 0 bridgehead atoms. The lowest BCUT2D eigenvalue weighted by molar-refractivity contribution is -0.272. The zero-order valence-electron chi connectivity index (χ0n) is 9.24. The molecule has 18 heavy (non-hydrogen) atoms. The van der Waals surface area contributed by atoms with Crippen molar-refractivity contribution in [3.05, 3.63) is 33.8 Å². The Bertz CT molecular complexity index is 485. The van der Waals surface area contributed by atoms with E-state index in [2.05, 4.69) is 20.8 Å². The Morgan fingerprint density at radius 2 is 2.06 bits per heavy atom. The lowest BCUT2D eigenvalue weighted by atomic mass is 9.98. The lowest BCUT2D eigenvalue weighted by Crippen LogP contribution is -2.42. The maximum atomic E-state index is 14.0. The number of alkyl halides is 3. The predicted molar refractivity (Wildman–Crippen MR) is 60.3 cm³/mol. The summed E-state index contributed by atoms with van der Waals surface area (Å²) >= 11 is 3.05. The number of nitrogens with zero attached hydrogens (tertiary/aromatic N) is 1. The molecule has 7 heteroatoms. The van der Waals surface area contributed by atoms with Crippen LogP contribution in [0.5, 0.6) is 0 Å². The first-order chi connectivity index (χ1) is 8.43. The molecule has 0 amide bonds. The number of carbonyl (C=O) groups is 1. The van der Waals surface area contributed by atoms with Gasteiger partial charge in [-0.1, -0.05) is 33.1 Å². The van der Waals surface area contributed by atoms with Crippen molar-refractivity contribution in [1.29, 1.82) is 0 Å². The Morgan fingerprint density at radius 3 is 2.67 bits per heavy atom. The number of rotatable bonds is 1. The molecule has 2 rings (SSSR count). The Kier molecular flexibility index (Phi) is 3.63. The average molecular weight is 324 g/mol. The number of benzene rings is 1. The molecule has 0 aliphatic carbocycles. The molecule has 1 aliphatic rings. The summed E-state index contributed by atoms with van der Waals surface area (Å²) in [7, 11) is 0. The number of hydrogen-bond donors (Lipinski definition) is 0. The highest BCUT2D eigenvalue weighted by atomic mass is 79.9. The van der Waals surface area contributed by atoms with Crippen LogP contribution in [0, 0.1) is 0 Å². The van der Waals surface area contributed by atoms with Crippen LogP contribution in [0.4, 0.5) is 13.2 Å². The van der Waals surface area contributed by atoms with Gasteiger partial charge >= 0.3 is 5.97 Å². The van der Waals surface area contributed by atoms with Crippen molar-refractivity contribution in [2.45, 2.75) is 25.7 Å². The molecule has 0 N–H and O–H groups in total. The zero-order valence-corrected chi connectivity index (χ0v) is 10.8. The molecule has 1 aromatic carbocycles. The summed E-state index contributed by atoms with van der Waals surface area (Å²) in [4.78, 5) is 15.1. The van der Waals surface area contributed by atoms with E-state index in [0.29, 0.717) is 0 Å². The first-order valence-electron chi connectivity index (χ1n) is 5.11. The first kappa shape index (κ1) is 13.4. The summed E-state index contributed by atoms with van der Waals surface area (Å²) in [6.45, 7) is 0.989. The van der Waals surface area contributed by atoms with Crippen LogP contribution in [0.3, 0.4) is 0 Å². The maximum Gasteiger partial charge on any atom is 0.322 e. The van der Waals surface area contributed by atoms with Crippen LogP contribution >= 0.6 is 15.9 Å². The summed E-state index contributed by atoms with van der Waals surface area (Å²) in [5, 5.41) is 0.0990. The topological polar surface area (TPSA) is 29.5 Å². The average Bonchev–Trinajstić information content (AvgIpc) is 2.31. The highest BCUT2D eigenvalue weighted by Crippen LogP contribution is 2.45. The minimum Gasteiger partial charge on any atom is -0.362 e. The van der Waals surface area contributed by atoms with Crippen LogP contribution in [-0.2, 0) is 9.63 Å². The fraction of sp³-hybridized carbons (Fsp3) is 0.364. The van der Waals surface area contributed by atoms with Crippen LogP contribution in [-0.4, -0.2) is 17.3 Å². The van der Waals surface area contributed by atoms with E-state index >= 15 is 0 Å². The van der Waals surface area contributed by atoms with Crippen molar-refractivity contribution in [2.24, 2.45) is 0 Å². The second-order valence-electron chi connectivity index (χ2n) is 3.80. The monoisotopic (exact) mass is 323 g/mol. The van der Waals surface area contributed by atoms with E-state index < -0.39 is 24.7 Å². The van der Waals surface area contributed by atoms with E-state index in [4.69, 9.17) is 0 Å².